The molecule has 0 aromatic carbocycles. The second-order valence-electron chi connectivity index (χ2n) is 8.81. The maximum Gasteiger partial charge on any atom is 0.270 e. The summed E-state index contributed by atoms with van der Waals surface area (Å²) in [6, 6.07) is 3.21. The number of rotatable bonds is 13. The van der Waals surface area contributed by atoms with Crippen molar-refractivity contribution in [2.45, 2.75) is 38.8 Å². The number of amides is 1. The Morgan fingerprint density at radius 2 is 2.13 bits per heavy atom. The zero-order chi connectivity index (χ0) is 22.4. The summed E-state index contributed by atoms with van der Waals surface area (Å²) in [6.45, 7) is 5.38. The molecule has 1 aromatic heterocycles. The number of nitrogens with one attached hydrogen (secondary N) is 1. The summed E-state index contributed by atoms with van der Waals surface area (Å²) in [6.07, 6.45) is 1.78. The van der Waals surface area contributed by atoms with Crippen molar-refractivity contribution >= 4 is 11.6 Å². The quantitative estimate of drug-likeness (QED) is 0.486. The number of halogens is 1. The molecule has 2 N–H and O–H groups in total. The number of aliphatic hydroxyl groups excluding tert-OH is 1. The van der Waals surface area contributed by atoms with E-state index in [9.17, 15) is 14.3 Å². The molecule has 2 aliphatic rings. The first-order chi connectivity index (χ1) is 14.9. The molecular formula is C22H34FN3O5. The van der Waals surface area contributed by atoms with Crippen molar-refractivity contribution in [3.05, 3.63) is 17.8 Å². The summed E-state index contributed by atoms with van der Waals surface area (Å²) in [7, 11) is 1.69. The molecule has 31 heavy (non-hydrogen) atoms. The average Bonchev–Trinajstić information content (AvgIpc) is 3.48. The Kier molecular flexibility index (Phi) is 8.45. The van der Waals surface area contributed by atoms with Crippen LogP contribution in [0.5, 0.6) is 5.88 Å². The summed E-state index contributed by atoms with van der Waals surface area (Å²) in [5.41, 5.74) is 1.07. The fraction of sp³-hybridized carbons (Fsp3) is 0.727. The zero-order valence-corrected chi connectivity index (χ0v) is 18.6. The standard InChI is InChI=1S/C22H34FN3O5/c1-14(2)6-17(12-30-13-23)24-21(28)19-4-5-20(26-8-18(9-26)29-3)22(25-19)31-11-16-7-15(16)10-27/h4-5,14-18,27H,6-13H2,1-3H3,(H,24,28)/t15-,16+,17+/m1/s1. The molecule has 3 atom stereocenters. The number of aliphatic hydroxyl groups is 1. The van der Waals surface area contributed by atoms with Gasteiger partial charge >= 0.3 is 0 Å². The van der Waals surface area contributed by atoms with Crippen molar-refractivity contribution in [2.75, 3.05) is 51.8 Å². The third-order valence-electron chi connectivity index (χ3n) is 5.82. The lowest BCUT2D eigenvalue weighted by Crippen LogP contribution is -2.52. The highest BCUT2D eigenvalue weighted by molar-refractivity contribution is 5.93. The number of hydrogen-bond donors (Lipinski definition) is 2. The molecule has 2 fully saturated rings. The number of carbonyl (C=O) groups excluding carboxylic acids is 1. The first-order valence-corrected chi connectivity index (χ1v) is 10.9. The lowest BCUT2D eigenvalue weighted by atomic mass is 10.0. The van der Waals surface area contributed by atoms with Gasteiger partial charge in [-0.3, -0.25) is 4.79 Å². The topological polar surface area (TPSA) is 93.2 Å². The number of anilines is 1. The molecule has 9 heteroatoms. The number of hydrogen-bond acceptors (Lipinski definition) is 7. The van der Waals surface area contributed by atoms with Crippen LogP contribution in [0.4, 0.5) is 10.1 Å². The lowest BCUT2D eigenvalue weighted by Gasteiger charge is -2.40. The van der Waals surface area contributed by atoms with E-state index in [1.807, 2.05) is 19.9 Å². The Labute approximate surface area is 183 Å². The Morgan fingerprint density at radius 1 is 1.35 bits per heavy atom. The average molecular weight is 440 g/mol. The van der Waals surface area contributed by atoms with Gasteiger partial charge in [0.05, 0.1) is 25.4 Å². The highest BCUT2D eigenvalue weighted by atomic mass is 19.1. The number of nitrogens with zero attached hydrogens (tertiary/aromatic N) is 2. The summed E-state index contributed by atoms with van der Waals surface area (Å²) >= 11 is 0. The van der Waals surface area contributed by atoms with Gasteiger partial charge in [-0.05, 0) is 42.7 Å². The molecule has 0 unspecified atom stereocenters. The van der Waals surface area contributed by atoms with E-state index in [0.717, 1.165) is 25.2 Å². The molecule has 174 valence electrons. The van der Waals surface area contributed by atoms with Gasteiger partial charge in [-0.1, -0.05) is 13.8 Å². The normalized spacial score (nSPS) is 21.7. The van der Waals surface area contributed by atoms with Crippen molar-refractivity contribution < 1.29 is 28.5 Å². The van der Waals surface area contributed by atoms with Gasteiger partial charge in [0.1, 0.15) is 11.4 Å². The molecule has 0 spiro atoms. The van der Waals surface area contributed by atoms with Crippen LogP contribution in [0.1, 0.15) is 37.2 Å². The SMILES string of the molecule is COC1CN(c2ccc(C(=O)N[C@H](COCF)CC(C)C)nc2OC[C@@H]2C[C@@H]2CO)C1. The van der Waals surface area contributed by atoms with E-state index in [1.54, 1.807) is 13.2 Å². The summed E-state index contributed by atoms with van der Waals surface area (Å²) in [4.78, 5) is 19.4. The van der Waals surface area contributed by atoms with Crippen LogP contribution in [0.25, 0.3) is 0 Å². The van der Waals surface area contributed by atoms with Gasteiger partial charge in [-0.15, -0.1) is 0 Å². The number of carbonyl (C=O) groups is 1. The van der Waals surface area contributed by atoms with Gasteiger partial charge in [0, 0.05) is 26.8 Å². The summed E-state index contributed by atoms with van der Waals surface area (Å²) in [5.74, 6) is 0.979. The van der Waals surface area contributed by atoms with Crippen LogP contribution in [0.2, 0.25) is 0 Å². The van der Waals surface area contributed by atoms with E-state index >= 15 is 0 Å². The smallest absolute Gasteiger partial charge is 0.270 e. The number of aromatic nitrogens is 1. The van der Waals surface area contributed by atoms with Gasteiger partial charge in [-0.2, -0.15) is 0 Å². The minimum absolute atomic E-state index is 0.109. The van der Waals surface area contributed by atoms with Gasteiger partial charge < -0.3 is 29.5 Å². The van der Waals surface area contributed by atoms with E-state index in [2.05, 4.69) is 15.2 Å². The third-order valence-corrected chi connectivity index (χ3v) is 5.82. The second-order valence-corrected chi connectivity index (χ2v) is 8.81. The molecule has 1 aromatic rings. The van der Waals surface area contributed by atoms with E-state index in [1.165, 1.54) is 0 Å². The first-order valence-electron chi connectivity index (χ1n) is 10.9. The van der Waals surface area contributed by atoms with Crippen molar-refractivity contribution in [3.63, 3.8) is 0 Å². The molecule has 1 saturated carbocycles. The largest absolute Gasteiger partial charge is 0.476 e. The number of ether oxygens (including phenoxy) is 3. The molecule has 1 aliphatic heterocycles. The predicted molar refractivity (Wildman–Crippen MR) is 114 cm³/mol. The lowest BCUT2D eigenvalue weighted by molar-refractivity contribution is 0.0385. The maximum absolute atomic E-state index is 12.8. The molecule has 0 bridgehead atoms. The van der Waals surface area contributed by atoms with Gasteiger partial charge in [0.2, 0.25) is 5.88 Å². The minimum Gasteiger partial charge on any atom is -0.476 e. The van der Waals surface area contributed by atoms with Crippen LogP contribution in [0.3, 0.4) is 0 Å². The second kappa shape index (κ2) is 11.1. The highest BCUT2D eigenvalue weighted by Gasteiger charge is 2.37. The number of methoxy groups -OCH3 is 1. The van der Waals surface area contributed by atoms with E-state index in [4.69, 9.17) is 14.2 Å². The minimum atomic E-state index is -0.885. The molecule has 0 radical (unpaired) electrons. The summed E-state index contributed by atoms with van der Waals surface area (Å²) in [5, 5.41) is 12.2. The Balaban J connectivity index is 1.70. The molecule has 8 nitrogen and oxygen atoms in total. The number of alkyl halides is 1. The van der Waals surface area contributed by atoms with Crippen molar-refractivity contribution in [2.24, 2.45) is 17.8 Å². The molecule has 1 saturated heterocycles. The van der Waals surface area contributed by atoms with Crippen LogP contribution < -0.4 is 15.0 Å². The van der Waals surface area contributed by atoms with Crippen LogP contribution in [-0.2, 0) is 9.47 Å². The van der Waals surface area contributed by atoms with Crippen LogP contribution >= 0.6 is 0 Å². The Hall–Kier alpha value is -1.97. The van der Waals surface area contributed by atoms with Crippen molar-refractivity contribution in [1.29, 1.82) is 0 Å². The van der Waals surface area contributed by atoms with Crippen molar-refractivity contribution in [3.8, 4) is 5.88 Å². The Morgan fingerprint density at radius 3 is 2.74 bits per heavy atom. The van der Waals surface area contributed by atoms with E-state index in [-0.39, 0.29) is 42.9 Å². The zero-order valence-electron chi connectivity index (χ0n) is 18.6. The predicted octanol–water partition coefficient (Wildman–Crippen LogP) is 2.01. The fourth-order valence-electron chi connectivity index (χ4n) is 3.80. The maximum atomic E-state index is 12.8. The molecule has 1 aliphatic carbocycles. The monoisotopic (exact) mass is 439 g/mol. The third kappa shape index (κ3) is 6.51. The van der Waals surface area contributed by atoms with Gasteiger partial charge in [0.25, 0.3) is 5.91 Å². The van der Waals surface area contributed by atoms with Gasteiger partial charge in [-0.25, -0.2) is 9.37 Å². The molecule has 1 amide bonds. The fourth-order valence-corrected chi connectivity index (χ4v) is 3.80. The van der Waals surface area contributed by atoms with E-state index < -0.39 is 6.86 Å². The van der Waals surface area contributed by atoms with Gasteiger partial charge in [0.15, 0.2) is 6.86 Å². The highest BCUT2D eigenvalue weighted by Crippen LogP contribution is 2.39. The van der Waals surface area contributed by atoms with Crippen LogP contribution in [0.15, 0.2) is 12.1 Å². The molecule has 2 heterocycles. The molecule has 3 rings (SSSR count). The summed E-state index contributed by atoms with van der Waals surface area (Å²) < 4.78 is 28.6. The Bertz CT molecular complexity index is 729. The number of pyridine rings is 1. The first kappa shape index (κ1) is 23.7. The van der Waals surface area contributed by atoms with Crippen LogP contribution in [0, 0.1) is 17.8 Å². The van der Waals surface area contributed by atoms with Crippen molar-refractivity contribution in [1.82, 2.24) is 10.3 Å². The van der Waals surface area contributed by atoms with E-state index in [0.29, 0.717) is 30.7 Å². The van der Waals surface area contributed by atoms with Crippen LogP contribution in [-0.4, -0.2) is 75.0 Å². The molecular weight excluding hydrogens is 405 g/mol.